The van der Waals surface area contributed by atoms with Gasteiger partial charge in [-0.3, -0.25) is 4.98 Å². The summed E-state index contributed by atoms with van der Waals surface area (Å²) >= 11 is 3.29. The summed E-state index contributed by atoms with van der Waals surface area (Å²) in [6, 6.07) is 3.62. The van der Waals surface area contributed by atoms with Crippen LogP contribution in [0.25, 0.3) is 0 Å². The Labute approximate surface area is 85.5 Å². The van der Waals surface area contributed by atoms with Gasteiger partial charge in [0, 0.05) is 10.7 Å². The highest BCUT2D eigenvalue weighted by molar-refractivity contribution is 9.10. The molecule has 0 aliphatic heterocycles. The number of nitrogens with zero attached hydrogens (tertiary/aromatic N) is 1. The minimum absolute atomic E-state index is 0.591. The van der Waals surface area contributed by atoms with E-state index in [0.717, 1.165) is 17.3 Å². The molecule has 0 unspecified atom stereocenters. The second-order valence-electron chi connectivity index (χ2n) is 3.53. The monoisotopic (exact) mass is 243 g/mol. The standard InChI is InChI=1S/C10H11BrFN/c11-8-3-4-9(13-7-8)10(12)5-1-2-6-10/h3-4,7H,1-2,5-6H2. The number of hydrogen-bond acceptors (Lipinski definition) is 1. The Morgan fingerprint density at radius 1 is 1.31 bits per heavy atom. The van der Waals surface area contributed by atoms with E-state index in [9.17, 15) is 4.39 Å². The van der Waals surface area contributed by atoms with Crippen LogP contribution in [0.4, 0.5) is 4.39 Å². The van der Waals surface area contributed by atoms with Crippen molar-refractivity contribution in [3.8, 4) is 0 Å². The topological polar surface area (TPSA) is 12.9 Å². The maximum absolute atomic E-state index is 14.1. The Morgan fingerprint density at radius 2 is 2.00 bits per heavy atom. The lowest BCUT2D eigenvalue weighted by Crippen LogP contribution is -2.16. The summed E-state index contributed by atoms with van der Waals surface area (Å²) in [6.45, 7) is 0. The van der Waals surface area contributed by atoms with Gasteiger partial charge in [0.15, 0.2) is 5.67 Å². The van der Waals surface area contributed by atoms with Crippen molar-refractivity contribution in [2.24, 2.45) is 0 Å². The van der Waals surface area contributed by atoms with Crippen molar-refractivity contribution in [2.75, 3.05) is 0 Å². The van der Waals surface area contributed by atoms with Gasteiger partial charge in [0.1, 0.15) is 0 Å². The van der Waals surface area contributed by atoms with Gasteiger partial charge in [0.2, 0.25) is 0 Å². The smallest absolute Gasteiger partial charge is 0.152 e. The molecule has 0 bridgehead atoms. The van der Waals surface area contributed by atoms with Gasteiger partial charge in [0.05, 0.1) is 5.69 Å². The molecule has 1 fully saturated rings. The zero-order valence-corrected chi connectivity index (χ0v) is 8.85. The molecular formula is C10H11BrFN. The van der Waals surface area contributed by atoms with Crippen LogP contribution in [-0.2, 0) is 5.67 Å². The fourth-order valence-electron chi connectivity index (χ4n) is 1.83. The van der Waals surface area contributed by atoms with Crippen molar-refractivity contribution in [2.45, 2.75) is 31.4 Å². The van der Waals surface area contributed by atoms with E-state index in [0.29, 0.717) is 18.5 Å². The molecule has 1 saturated carbocycles. The van der Waals surface area contributed by atoms with Crippen LogP contribution in [0.3, 0.4) is 0 Å². The third kappa shape index (κ3) is 1.75. The van der Waals surface area contributed by atoms with E-state index in [1.165, 1.54) is 0 Å². The molecule has 0 radical (unpaired) electrons. The van der Waals surface area contributed by atoms with E-state index in [-0.39, 0.29) is 0 Å². The van der Waals surface area contributed by atoms with Gasteiger partial charge in [-0.25, -0.2) is 4.39 Å². The fourth-order valence-corrected chi connectivity index (χ4v) is 2.07. The van der Waals surface area contributed by atoms with E-state index in [1.54, 1.807) is 12.3 Å². The highest BCUT2D eigenvalue weighted by atomic mass is 79.9. The third-order valence-electron chi connectivity index (χ3n) is 2.58. The number of alkyl halides is 1. The van der Waals surface area contributed by atoms with Gasteiger partial charge < -0.3 is 0 Å². The normalized spacial score (nSPS) is 20.5. The first-order valence-corrected chi connectivity index (χ1v) is 5.31. The number of aromatic nitrogens is 1. The molecule has 1 aromatic rings. The fraction of sp³-hybridized carbons (Fsp3) is 0.500. The van der Waals surface area contributed by atoms with Crippen molar-refractivity contribution in [1.29, 1.82) is 0 Å². The van der Waals surface area contributed by atoms with Crippen molar-refractivity contribution < 1.29 is 4.39 Å². The minimum Gasteiger partial charge on any atom is -0.257 e. The highest BCUT2D eigenvalue weighted by Crippen LogP contribution is 2.41. The van der Waals surface area contributed by atoms with Crippen molar-refractivity contribution in [3.63, 3.8) is 0 Å². The van der Waals surface area contributed by atoms with Gasteiger partial charge in [-0.15, -0.1) is 0 Å². The lowest BCUT2D eigenvalue weighted by atomic mass is 10.00. The average Bonchev–Trinajstić information content (AvgIpc) is 2.54. The molecule has 1 aromatic heterocycles. The zero-order valence-electron chi connectivity index (χ0n) is 7.26. The summed E-state index contributed by atoms with van der Waals surface area (Å²) in [5, 5.41) is 0. The van der Waals surface area contributed by atoms with E-state index < -0.39 is 5.67 Å². The van der Waals surface area contributed by atoms with Crippen molar-refractivity contribution in [1.82, 2.24) is 4.98 Å². The first-order chi connectivity index (χ1) is 6.21. The van der Waals surface area contributed by atoms with E-state index in [1.807, 2.05) is 6.07 Å². The van der Waals surface area contributed by atoms with Crippen LogP contribution in [-0.4, -0.2) is 4.98 Å². The minimum atomic E-state index is -1.15. The molecule has 13 heavy (non-hydrogen) atoms. The Balaban J connectivity index is 2.29. The molecule has 1 heterocycles. The molecule has 0 amide bonds. The van der Waals surface area contributed by atoms with Gasteiger partial charge in [-0.05, 0) is 53.7 Å². The molecule has 0 atom stereocenters. The Morgan fingerprint density at radius 3 is 2.54 bits per heavy atom. The first kappa shape index (κ1) is 9.13. The molecule has 0 spiro atoms. The summed E-state index contributed by atoms with van der Waals surface area (Å²) in [7, 11) is 0. The van der Waals surface area contributed by atoms with Crippen molar-refractivity contribution >= 4 is 15.9 Å². The number of hydrogen-bond donors (Lipinski definition) is 0. The SMILES string of the molecule is FC1(c2ccc(Br)cn2)CCCC1. The van der Waals surface area contributed by atoms with Crippen molar-refractivity contribution in [3.05, 3.63) is 28.5 Å². The first-order valence-electron chi connectivity index (χ1n) is 4.52. The summed E-state index contributed by atoms with van der Waals surface area (Å²) in [6.07, 6.45) is 4.88. The summed E-state index contributed by atoms with van der Waals surface area (Å²) in [4.78, 5) is 4.11. The quantitative estimate of drug-likeness (QED) is 0.735. The molecule has 0 aromatic carbocycles. The summed E-state index contributed by atoms with van der Waals surface area (Å²) < 4.78 is 15.0. The predicted molar refractivity (Wildman–Crippen MR) is 53.2 cm³/mol. The number of pyridine rings is 1. The lowest BCUT2D eigenvalue weighted by molar-refractivity contribution is 0.168. The lowest BCUT2D eigenvalue weighted by Gasteiger charge is -2.17. The second-order valence-corrected chi connectivity index (χ2v) is 4.45. The van der Waals surface area contributed by atoms with Crippen LogP contribution < -0.4 is 0 Å². The predicted octanol–water partition coefficient (Wildman–Crippen LogP) is 3.58. The Bertz CT molecular complexity index is 290. The van der Waals surface area contributed by atoms with Crippen LogP contribution >= 0.6 is 15.9 Å². The molecule has 1 aliphatic rings. The molecule has 1 nitrogen and oxygen atoms in total. The van der Waals surface area contributed by atoms with E-state index >= 15 is 0 Å². The van der Waals surface area contributed by atoms with E-state index in [2.05, 4.69) is 20.9 Å². The Hall–Kier alpha value is -0.440. The number of rotatable bonds is 1. The highest BCUT2D eigenvalue weighted by Gasteiger charge is 2.36. The Kier molecular flexibility index (Phi) is 2.37. The average molecular weight is 244 g/mol. The van der Waals surface area contributed by atoms with Crippen LogP contribution in [0, 0.1) is 0 Å². The van der Waals surface area contributed by atoms with Crippen LogP contribution in [0.5, 0.6) is 0 Å². The third-order valence-corrected chi connectivity index (χ3v) is 3.05. The van der Waals surface area contributed by atoms with Gasteiger partial charge in [-0.1, -0.05) is 0 Å². The second kappa shape index (κ2) is 3.37. The zero-order chi connectivity index (χ0) is 9.31. The molecule has 0 saturated heterocycles. The van der Waals surface area contributed by atoms with Gasteiger partial charge in [-0.2, -0.15) is 0 Å². The molecule has 1 aliphatic carbocycles. The molecule has 0 N–H and O–H groups in total. The molecule has 3 heteroatoms. The van der Waals surface area contributed by atoms with Gasteiger partial charge >= 0.3 is 0 Å². The number of halogens is 2. The maximum Gasteiger partial charge on any atom is 0.152 e. The van der Waals surface area contributed by atoms with Crippen LogP contribution in [0.15, 0.2) is 22.8 Å². The summed E-state index contributed by atoms with van der Waals surface area (Å²) in [5.74, 6) is 0. The largest absolute Gasteiger partial charge is 0.257 e. The summed E-state index contributed by atoms with van der Waals surface area (Å²) in [5.41, 5.74) is -0.561. The van der Waals surface area contributed by atoms with Crippen LogP contribution in [0.1, 0.15) is 31.4 Å². The molecular weight excluding hydrogens is 233 g/mol. The molecule has 2 rings (SSSR count). The van der Waals surface area contributed by atoms with Gasteiger partial charge in [0.25, 0.3) is 0 Å². The van der Waals surface area contributed by atoms with Crippen LogP contribution in [0.2, 0.25) is 0 Å². The van der Waals surface area contributed by atoms with E-state index in [4.69, 9.17) is 0 Å². The maximum atomic E-state index is 14.1. The molecule has 70 valence electrons.